The van der Waals surface area contributed by atoms with Crippen molar-refractivity contribution in [3.05, 3.63) is 53.5 Å². The molecule has 1 aromatic carbocycles. The summed E-state index contributed by atoms with van der Waals surface area (Å²) in [6.07, 6.45) is 3.14. The fraction of sp³-hybridized carbons (Fsp3) is 0.214. The highest BCUT2D eigenvalue weighted by atomic mass is 16.4. The summed E-state index contributed by atoms with van der Waals surface area (Å²) in [6, 6.07) is 10.0. The zero-order chi connectivity index (χ0) is 13.2. The average molecular weight is 255 g/mol. The van der Waals surface area contributed by atoms with Gasteiger partial charge in [-0.25, -0.2) is 14.8 Å². The number of carbonyl (C=O) groups is 1. The second-order valence-electron chi connectivity index (χ2n) is 4.61. The molecule has 5 nitrogen and oxygen atoms in total. The number of carboxylic acids is 1. The van der Waals surface area contributed by atoms with E-state index in [2.05, 4.69) is 27.4 Å². The van der Waals surface area contributed by atoms with Crippen LogP contribution in [-0.2, 0) is 12.8 Å². The van der Waals surface area contributed by atoms with E-state index in [4.69, 9.17) is 5.11 Å². The molecule has 19 heavy (non-hydrogen) atoms. The van der Waals surface area contributed by atoms with Crippen molar-refractivity contribution >= 4 is 11.8 Å². The summed E-state index contributed by atoms with van der Waals surface area (Å²) in [5.74, 6) is -0.481. The van der Waals surface area contributed by atoms with Crippen LogP contribution in [0.3, 0.4) is 0 Å². The molecule has 1 aromatic heterocycles. The first-order valence-electron chi connectivity index (χ1n) is 6.11. The van der Waals surface area contributed by atoms with Gasteiger partial charge >= 0.3 is 5.97 Å². The fourth-order valence-corrected chi connectivity index (χ4v) is 2.42. The van der Waals surface area contributed by atoms with E-state index >= 15 is 0 Å². The third kappa shape index (κ3) is 2.40. The van der Waals surface area contributed by atoms with Crippen LogP contribution in [0.5, 0.6) is 0 Å². The zero-order valence-corrected chi connectivity index (χ0v) is 10.2. The maximum atomic E-state index is 10.9. The normalized spacial score (nSPS) is 14.1. The Hall–Kier alpha value is -2.43. The van der Waals surface area contributed by atoms with Crippen molar-refractivity contribution in [2.75, 3.05) is 5.32 Å². The van der Waals surface area contributed by atoms with Crippen LogP contribution in [0.4, 0.5) is 5.82 Å². The molecule has 5 heteroatoms. The monoisotopic (exact) mass is 255 g/mol. The minimum Gasteiger partial charge on any atom is -0.477 e. The second kappa shape index (κ2) is 4.68. The standard InChI is InChI=1S/C14H13N3O2/c18-14(19)12-7-13(16-8-15-12)17-11-5-9-3-1-2-4-10(9)6-11/h1-4,7-8,11H,5-6H2,(H,18,19)(H,15,16,17). The quantitative estimate of drug-likeness (QED) is 0.874. The van der Waals surface area contributed by atoms with E-state index in [-0.39, 0.29) is 11.7 Å². The zero-order valence-electron chi connectivity index (χ0n) is 10.2. The first-order chi connectivity index (χ1) is 9.22. The van der Waals surface area contributed by atoms with Gasteiger partial charge in [0.1, 0.15) is 12.1 Å². The van der Waals surface area contributed by atoms with Crippen molar-refractivity contribution in [3.63, 3.8) is 0 Å². The Labute approximate surface area is 110 Å². The van der Waals surface area contributed by atoms with Gasteiger partial charge in [0.05, 0.1) is 0 Å². The lowest BCUT2D eigenvalue weighted by atomic mass is 10.1. The minimum absolute atomic E-state index is 0.00742. The second-order valence-corrected chi connectivity index (χ2v) is 4.61. The fourth-order valence-electron chi connectivity index (χ4n) is 2.42. The maximum Gasteiger partial charge on any atom is 0.354 e. The maximum absolute atomic E-state index is 10.9. The number of hydrogen-bond donors (Lipinski definition) is 2. The van der Waals surface area contributed by atoms with E-state index in [1.807, 2.05) is 12.1 Å². The predicted octanol–water partition coefficient (Wildman–Crippen LogP) is 1.75. The van der Waals surface area contributed by atoms with Gasteiger partial charge in [-0.3, -0.25) is 0 Å². The molecule has 96 valence electrons. The van der Waals surface area contributed by atoms with E-state index in [0.29, 0.717) is 5.82 Å². The van der Waals surface area contributed by atoms with Crippen molar-refractivity contribution in [3.8, 4) is 0 Å². The summed E-state index contributed by atoms with van der Waals surface area (Å²) in [6.45, 7) is 0. The number of nitrogens with zero attached hydrogens (tertiary/aromatic N) is 2. The number of anilines is 1. The van der Waals surface area contributed by atoms with Gasteiger partial charge in [0.2, 0.25) is 0 Å². The van der Waals surface area contributed by atoms with Crippen LogP contribution in [0.25, 0.3) is 0 Å². The van der Waals surface area contributed by atoms with E-state index in [0.717, 1.165) is 12.8 Å². The van der Waals surface area contributed by atoms with Gasteiger partial charge in [-0.05, 0) is 24.0 Å². The molecule has 3 rings (SSSR count). The van der Waals surface area contributed by atoms with Crippen LogP contribution in [0, 0.1) is 0 Å². The molecular formula is C14H13N3O2. The highest BCUT2D eigenvalue weighted by molar-refractivity contribution is 5.86. The van der Waals surface area contributed by atoms with Crippen LogP contribution < -0.4 is 5.32 Å². The summed E-state index contributed by atoms with van der Waals surface area (Å²) < 4.78 is 0. The molecule has 0 radical (unpaired) electrons. The number of fused-ring (bicyclic) bond motifs is 1. The molecule has 0 bridgehead atoms. The van der Waals surface area contributed by atoms with E-state index < -0.39 is 5.97 Å². The van der Waals surface area contributed by atoms with Crippen molar-refractivity contribution in [2.24, 2.45) is 0 Å². The van der Waals surface area contributed by atoms with Crippen molar-refractivity contribution in [1.29, 1.82) is 0 Å². The molecule has 0 aliphatic heterocycles. The van der Waals surface area contributed by atoms with Crippen molar-refractivity contribution < 1.29 is 9.90 Å². The molecule has 1 aliphatic rings. The molecule has 0 saturated heterocycles. The molecule has 1 aliphatic carbocycles. The molecular weight excluding hydrogens is 242 g/mol. The lowest BCUT2D eigenvalue weighted by Crippen LogP contribution is -2.20. The lowest BCUT2D eigenvalue weighted by Gasteiger charge is -2.12. The molecule has 1 heterocycles. The number of hydrogen-bond acceptors (Lipinski definition) is 4. The van der Waals surface area contributed by atoms with Gasteiger partial charge in [-0.1, -0.05) is 24.3 Å². The predicted molar refractivity (Wildman–Crippen MR) is 70.3 cm³/mol. The number of aromatic nitrogens is 2. The summed E-state index contributed by atoms with van der Waals surface area (Å²) in [7, 11) is 0. The highest BCUT2D eigenvalue weighted by Gasteiger charge is 2.21. The number of rotatable bonds is 3. The van der Waals surface area contributed by atoms with E-state index in [9.17, 15) is 4.79 Å². The topological polar surface area (TPSA) is 75.1 Å². The van der Waals surface area contributed by atoms with Crippen molar-refractivity contribution in [1.82, 2.24) is 9.97 Å². The van der Waals surface area contributed by atoms with Gasteiger partial charge in [0.15, 0.2) is 5.69 Å². The third-order valence-electron chi connectivity index (χ3n) is 3.29. The van der Waals surface area contributed by atoms with Crippen molar-refractivity contribution in [2.45, 2.75) is 18.9 Å². The Morgan fingerprint density at radius 1 is 1.21 bits per heavy atom. The first kappa shape index (κ1) is 11.6. The molecule has 0 spiro atoms. The van der Waals surface area contributed by atoms with Crippen LogP contribution in [0.1, 0.15) is 21.6 Å². The van der Waals surface area contributed by atoms with Crippen LogP contribution in [-0.4, -0.2) is 27.1 Å². The number of benzene rings is 1. The van der Waals surface area contributed by atoms with Crippen LogP contribution in [0.15, 0.2) is 36.7 Å². The minimum atomic E-state index is -1.04. The van der Waals surface area contributed by atoms with E-state index in [1.54, 1.807) is 0 Å². The van der Waals surface area contributed by atoms with Gasteiger partial charge in [-0.2, -0.15) is 0 Å². The van der Waals surface area contributed by atoms with Gasteiger partial charge < -0.3 is 10.4 Å². The summed E-state index contributed by atoms with van der Waals surface area (Å²) in [5.41, 5.74) is 2.69. The van der Waals surface area contributed by atoms with Crippen LogP contribution in [0.2, 0.25) is 0 Å². The third-order valence-corrected chi connectivity index (χ3v) is 3.29. The molecule has 2 aromatic rings. The first-order valence-corrected chi connectivity index (χ1v) is 6.11. The Balaban J connectivity index is 1.74. The Kier molecular flexibility index (Phi) is 2.87. The summed E-state index contributed by atoms with van der Waals surface area (Å²) >= 11 is 0. The number of nitrogens with one attached hydrogen (secondary N) is 1. The van der Waals surface area contributed by atoms with Gasteiger partial charge in [0.25, 0.3) is 0 Å². The average Bonchev–Trinajstić information content (AvgIpc) is 2.81. The largest absolute Gasteiger partial charge is 0.477 e. The van der Waals surface area contributed by atoms with E-state index in [1.165, 1.54) is 23.5 Å². The molecule has 0 amide bonds. The summed E-state index contributed by atoms with van der Waals surface area (Å²) in [5, 5.41) is 12.2. The Morgan fingerprint density at radius 3 is 2.53 bits per heavy atom. The smallest absolute Gasteiger partial charge is 0.354 e. The molecule has 0 atom stereocenters. The highest BCUT2D eigenvalue weighted by Crippen LogP contribution is 2.23. The van der Waals surface area contributed by atoms with Gasteiger partial charge in [-0.15, -0.1) is 0 Å². The SMILES string of the molecule is O=C(O)c1cc(NC2Cc3ccccc3C2)ncn1. The molecule has 0 unspecified atom stereocenters. The summed E-state index contributed by atoms with van der Waals surface area (Å²) in [4.78, 5) is 18.6. The van der Waals surface area contributed by atoms with Gasteiger partial charge in [0, 0.05) is 12.1 Å². The Bertz CT molecular complexity index is 603. The number of carboxylic acid groups (broad SMARTS) is 1. The lowest BCUT2D eigenvalue weighted by molar-refractivity contribution is 0.0690. The van der Waals surface area contributed by atoms with Crippen LogP contribution >= 0.6 is 0 Å². The number of aromatic carboxylic acids is 1. The Morgan fingerprint density at radius 2 is 1.89 bits per heavy atom. The molecule has 0 saturated carbocycles. The molecule has 2 N–H and O–H groups in total. The molecule has 0 fully saturated rings.